The lowest BCUT2D eigenvalue weighted by Gasteiger charge is -2.09. The number of esters is 1. The van der Waals surface area contributed by atoms with Gasteiger partial charge in [0.25, 0.3) is 0 Å². The molecule has 0 aromatic heterocycles. The van der Waals surface area contributed by atoms with Gasteiger partial charge in [-0.3, -0.25) is 0 Å². The van der Waals surface area contributed by atoms with Crippen LogP contribution in [0.5, 0.6) is 0 Å². The van der Waals surface area contributed by atoms with E-state index in [0.29, 0.717) is 12.2 Å². The molecule has 0 aliphatic carbocycles. The second-order valence-electron chi connectivity index (χ2n) is 9.04. The maximum absolute atomic E-state index is 13.5. The first kappa shape index (κ1) is 27.4. The molecule has 166 valence electrons. The van der Waals surface area contributed by atoms with Crippen molar-refractivity contribution in [3.05, 3.63) is 12.2 Å². The smallest absolute Gasteiger partial charge is 0.333 e. The van der Waals surface area contributed by atoms with Crippen molar-refractivity contribution in [3.8, 4) is 0 Å². The fraction of sp³-hybridized carbons (Fsp3) is 0.875. The van der Waals surface area contributed by atoms with Crippen LogP contribution in [0, 0.1) is 0 Å². The van der Waals surface area contributed by atoms with Gasteiger partial charge in [-0.2, -0.15) is 0 Å². The topological polar surface area (TPSA) is 26.3 Å². The molecular weight excluding hydrogens is 367 g/mol. The van der Waals surface area contributed by atoms with E-state index in [1.54, 1.807) is 6.92 Å². The Hall–Kier alpha value is -0.643. The molecule has 0 aromatic carbocycles. The van der Waals surface area contributed by atoms with Crippen molar-refractivity contribution in [2.75, 3.05) is 6.61 Å². The van der Waals surface area contributed by atoms with E-state index in [-0.39, 0.29) is 5.97 Å². The molecule has 0 spiro atoms. The van der Waals surface area contributed by atoms with Gasteiger partial charge in [-0.1, -0.05) is 103 Å². The van der Waals surface area contributed by atoms with Crippen LogP contribution in [0.4, 0.5) is 4.11 Å². The zero-order chi connectivity index (χ0) is 21.1. The molecule has 4 heteroatoms. The molecule has 0 aliphatic heterocycles. The number of hydrogen-bond acceptors (Lipinski definition) is 2. The van der Waals surface area contributed by atoms with Gasteiger partial charge < -0.3 is 8.84 Å². The summed E-state index contributed by atoms with van der Waals surface area (Å²) in [6.07, 6.45) is 20.6. The lowest BCUT2D eigenvalue weighted by atomic mass is 10.0. The van der Waals surface area contributed by atoms with E-state index in [2.05, 4.69) is 6.58 Å². The Morgan fingerprint density at radius 3 is 1.36 bits per heavy atom. The maximum atomic E-state index is 13.5. The Morgan fingerprint density at radius 1 is 0.714 bits per heavy atom. The van der Waals surface area contributed by atoms with E-state index in [0.717, 1.165) is 25.3 Å². The summed E-state index contributed by atoms with van der Waals surface area (Å²) in [4.78, 5) is 11.2. The van der Waals surface area contributed by atoms with Crippen LogP contribution in [0.2, 0.25) is 19.1 Å². The molecule has 0 unspecified atom stereocenters. The molecule has 0 aromatic rings. The molecule has 0 bridgehead atoms. The molecule has 0 N–H and O–H groups in total. The number of carbonyl (C=O) groups excluding carboxylic acids is 1. The quantitative estimate of drug-likeness (QED) is 0.0656. The molecule has 0 atom stereocenters. The molecule has 2 nitrogen and oxygen atoms in total. The molecule has 0 rings (SSSR count). The van der Waals surface area contributed by atoms with Crippen LogP contribution in [0.25, 0.3) is 0 Å². The summed E-state index contributed by atoms with van der Waals surface area (Å²) >= 11 is 0. The first-order valence-electron chi connectivity index (χ1n) is 11.8. The summed E-state index contributed by atoms with van der Waals surface area (Å²) < 4.78 is 18.6. The minimum Gasteiger partial charge on any atom is -0.462 e. The van der Waals surface area contributed by atoms with Gasteiger partial charge in [-0.25, -0.2) is 4.79 Å². The summed E-state index contributed by atoms with van der Waals surface area (Å²) in [5, 5.41) is 0. The molecule has 0 amide bonds. The third kappa shape index (κ3) is 21.7. The van der Waals surface area contributed by atoms with Crippen molar-refractivity contribution in [1.82, 2.24) is 0 Å². The first-order chi connectivity index (χ1) is 13.3. The fourth-order valence-electron chi connectivity index (χ4n) is 3.41. The predicted molar refractivity (Wildman–Crippen MR) is 123 cm³/mol. The van der Waals surface area contributed by atoms with Crippen LogP contribution in [-0.2, 0) is 9.53 Å². The van der Waals surface area contributed by atoms with Crippen LogP contribution in [0.15, 0.2) is 12.2 Å². The van der Waals surface area contributed by atoms with Crippen molar-refractivity contribution in [3.63, 3.8) is 0 Å². The fourth-order valence-corrected chi connectivity index (χ4v) is 4.50. The summed E-state index contributed by atoms with van der Waals surface area (Å²) in [5.74, 6) is -0.265. The minimum absolute atomic E-state index is 0.265. The summed E-state index contributed by atoms with van der Waals surface area (Å²) in [6.45, 7) is 9.43. The molecular formula is C24H47FO2Si. The maximum Gasteiger partial charge on any atom is 0.333 e. The monoisotopic (exact) mass is 414 g/mol. The van der Waals surface area contributed by atoms with Gasteiger partial charge in [0.05, 0.1) is 6.61 Å². The molecule has 0 saturated heterocycles. The van der Waals surface area contributed by atoms with Crippen LogP contribution in [0.1, 0.15) is 110 Å². The Balaban J connectivity index is 3.10. The Morgan fingerprint density at radius 2 is 1.04 bits per heavy atom. The van der Waals surface area contributed by atoms with Crippen LogP contribution in [0.3, 0.4) is 0 Å². The van der Waals surface area contributed by atoms with E-state index < -0.39 is 8.41 Å². The zero-order valence-corrected chi connectivity index (χ0v) is 20.1. The van der Waals surface area contributed by atoms with Crippen LogP contribution >= 0.6 is 0 Å². The molecule has 28 heavy (non-hydrogen) atoms. The number of ether oxygens (including phenoxy) is 1. The zero-order valence-electron chi connectivity index (χ0n) is 19.1. The first-order valence-corrected chi connectivity index (χ1v) is 14.9. The Kier molecular flexibility index (Phi) is 18.0. The number of unbranched alkanes of at least 4 members (excludes halogenated alkanes) is 15. The standard InChI is InChI=1S/C24H47FO2Si/c1-23(2)24(26)27-21-19-17-15-13-11-9-7-5-6-8-10-12-14-16-18-20-22-28(3,4)25/h1,5-22H2,2-4H3. The SMILES string of the molecule is C=C(C)C(=O)OCCCCCCCCCCCCCCCCCC[Si](C)(C)F. The van der Waals surface area contributed by atoms with Crippen LogP contribution in [-0.4, -0.2) is 21.0 Å². The van der Waals surface area contributed by atoms with Crippen molar-refractivity contribution < 1.29 is 13.6 Å². The van der Waals surface area contributed by atoms with E-state index in [1.807, 2.05) is 13.1 Å². The lowest BCUT2D eigenvalue weighted by molar-refractivity contribution is -0.139. The van der Waals surface area contributed by atoms with Crippen molar-refractivity contribution in [1.29, 1.82) is 0 Å². The normalized spacial score (nSPS) is 11.6. The van der Waals surface area contributed by atoms with Gasteiger partial charge >= 0.3 is 5.97 Å². The number of rotatable bonds is 20. The lowest BCUT2D eigenvalue weighted by Crippen LogP contribution is -2.16. The van der Waals surface area contributed by atoms with Crippen LogP contribution < -0.4 is 0 Å². The highest BCUT2D eigenvalue weighted by Gasteiger charge is 2.18. The Labute approximate surface area is 175 Å². The molecule has 0 heterocycles. The minimum atomic E-state index is -2.29. The van der Waals surface area contributed by atoms with Gasteiger partial charge in [-0.15, -0.1) is 0 Å². The number of hydrogen-bond donors (Lipinski definition) is 0. The van der Waals surface area contributed by atoms with E-state index in [4.69, 9.17) is 4.74 Å². The summed E-state index contributed by atoms with van der Waals surface area (Å²) in [6, 6.07) is 0.845. The summed E-state index contributed by atoms with van der Waals surface area (Å²) in [7, 11) is -2.29. The van der Waals surface area contributed by atoms with E-state index in [1.165, 1.54) is 83.5 Å². The average molecular weight is 415 g/mol. The van der Waals surface area contributed by atoms with Gasteiger partial charge in [-0.05, 0) is 32.5 Å². The van der Waals surface area contributed by atoms with Gasteiger partial charge in [0.2, 0.25) is 8.41 Å². The highest BCUT2D eigenvalue weighted by molar-refractivity contribution is 6.70. The van der Waals surface area contributed by atoms with Gasteiger partial charge in [0, 0.05) is 5.57 Å². The van der Waals surface area contributed by atoms with Crippen molar-refractivity contribution in [2.24, 2.45) is 0 Å². The largest absolute Gasteiger partial charge is 0.462 e. The molecule has 0 aliphatic rings. The predicted octanol–water partition coefficient (Wildman–Crippen LogP) is 8.52. The Bertz CT molecular complexity index is 391. The average Bonchev–Trinajstić information content (AvgIpc) is 2.62. The number of halogens is 1. The van der Waals surface area contributed by atoms with Crippen molar-refractivity contribution >= 4 is 14.4 Å². The van der Waals surface area contributed by atoms with E-state index >= 15 is 0 Å². The van der Waals surface area contributed by atoms with Gasteiger partial charge in [0.15, 0.2) is 0 Å². The van der Waals surface area contributed by atoms with Gasteiger partial charge in [0.1, 0.15) is 0 Å². The number of carbonyl (C=O) groups is 1. The third-order valence-corrected chi connectivity index (χ3v) is 6.79. The summed E-state index contributed by atoms with van der Waals surface area (Å²) in [5.41, 5.74) is 0.482. The third-order valence-electron chi connectivity index (χ3n) is 5.25. The second-order valence-corrected chi connectivity index (χ2v) is 13.0. The van der Waals surface area contributed by atoms with Crippen molar-refractivity contribution in [2.45, 2.75) is 129 Å². The highest BCUT2D eigenvalue weighted by atomic mass is 28.4. The van der Waals surface area contributed by atoms with E-state index in [9.17, 15) is 8.90 Å². The molecule has 0 radical (unpaired) electrons. The highest BCUT2D eigenvalue weighted by Crippen LogP contribution is 2.17. The second kappa shape index (κ2) is 18.4. The molecule has 0 saturated carbocycles. The molecule has 0 fully saturated rings.